The minimum absolute atomic E-state index is 0. The van der Waals surface area contributed by atoms with E-state index >= 15 is 0 Å². The molecule has 1 saturated carbocycles. The normalized spacial score (nSPS) is 26.2. The lowest BCUT2D eigenvalue weighted by Gasteiger charge is -2.35. The summed E-state index contributed by atoms with van der Waals surface area (Å²) in [4.78, 5) is 24.1. The van der Waals surface area contributed by atoms with Gasteiger partial charge in [0.2, 0.25) is 11.8 Å². The summed E-state index contributed by atoms with van der Waals surface area (Å²) < 4.78 is 11.7. The van der Waals surface area contributed by atoms with E-state index in [0.29, 0.717) is 36.9 Å². The second-order valence-corrected chi connectivity index (χ2v) is 8.70. The first-order valence-corrected chi connectivity index (χ1v) is 11.1. The molecule has 179 valence electrons. The number of aliphatic hydroxyl groups excluding tert-OH is 1. The number of nitrogens with zero attached hydrogens (tertiary/aromatic N) is 3. The van der Waals surface area contributed by atoms with Gasteiger partial charge in [-0.2, -0.15) is 4.98 Å². The Labute approximate surface area is 194 Å². The van der Waals surface area contributed by atoms with Gasteiger partial charge in [-0.05, 0) is 59.8 Å². The van der Waals surface area contributed by atoms with E-state index < -0.39 is 0 Å². The summed E-state index contributed by atoms with van der Waals surface area (Å²) in [6.45, 7) is 9.25. The van der Waals surface area contributed by atoms with Gasteiger partial charge < -0.3 is 24.8 Å². The second-order valence-electron chi connectivity index (χ2n) is 8.70. The van der Waals surface area contributed by atoms with Gasteiger partial charge in [-0.1, -0.05) is 21.3 Å². The zero-order valence-electron chi connectivity index (χ0n) is 19.9. The predicted molar refractivity (Wildman–Crippen MR) is 125 cm³/mol. The fourth-order valence-electron chi connectivity index (χ4n) is 4.00. The van der Waals surface area contributed by atoms with Crippen LogP contribution in [0.15, 0.2) is 6.20 Å². The molecule has 32 heavy (non-hydrogen) atoms. The van der Waals surface area contributed by atoms with Crippen molar-refractivity contribution in [3.63, 3.8) is 0 Å². The molecule has 1 aliphatic heterocycles. The summed E-state index contributed by atoms with van der Waals surface area (Å²) in [5, 5.41) is 13.0. The highest BCUT2D eigenvalue weighted by atomic mass is 16.5. The van der Waals surface area contributed by atoms with Crippen molar-refractivity contribution < 1.29 is 19.4 Å². The Morgan fingerprint density at radius 2 is 1.91 bits per heavy atom. The van der Waals surface area contributed by atoms with Crippen molar-refractivity contribution in [1.29, 1.82) is 0 Å². The van der Waals surface area contributed by atoms with Crippen LogP contribution in [-0.2, 0) is 4.74 Å². The molecular weight excluding hydrogens is 408 g/mol. The van der Waals surface area contributed by atoms with Crippen molar-refractivity contribution in [2.75, 3.05) is 18.0 Å². The third-order valence-electron chi connectivity index (χ3n) is 5.36. The lowest BCUT2D eigenvalue weighted by Crippen LogP contribution is -2.46. The number of carbonyl (C=O) groups excluding carboxylic acids is 1. The monoisotopic (exact) mass is 447 g/mol. The maximum Gasteiger partial charge on any atom is 0.258 e. The lowest BCUT2D eigenvalue weighted by atomic mass is 9.95. The molecule has 4 atom stereocenters. The van der Waals surface area contributed by atoms with Gasteiger partial charge in [0.25, 0.3) is 5.91 Å². The first-order valence-electron chi connectivity index (χ1n) is 11.1. The summed E-state index contributed by atoms with van der Waals surface area (Å²) in [5.41, 5.74) is 0.331. The third kappa shape index (κ3) is 7.89. The van der Waals surface area contributed by atoms with Crippen LogP contribution >= 0.6 is 0 Å². The molecule has 1 aromatic heterocycles. The maximum absolute atomic E-state index is 13.0. The van der Waals surface area contributed by atoms with E-state index in [1.54, 1.807) is 6.20 Å². The molecule has 1 aromatic rings. The van der Waals surface area contributed by atoms with E-state index in [-0.39, 0.29) is 51.2 Å². The van der Waals surface area contributed by atoms with Gasteiger partial charge in [-0.15, -0.1) is 0 Å². The van der Waals surface area contributed by atoms with E-state index in [9.17, 15) is 9.90 Å². The van der Waals surface area contributed by atoms with E-state index in [2.05, 4.69) is 26.6 Å². The highest BCUT2D eigenvalue weighted by molar-refractivity contribution is 5.96. The summed E-state index contributed by atoms with van der Waals surface area (Å²) in [6, 6.07) is -0.0834. The number of ether oxygens (including phenoxy) is 2. The molecule has 1 saturated heterocycles. The number of anilines is 1. The second kappa shape index (κ2) is 12.9. The zero-order chi connectivity index (χ0) is 21.7. The molecule has 2 N–H and O–H groups in total. The van der Waals surface area contributed by atoms with Crippen molar-refractivity contribution in [3.05, 3.63) is 33.0 Å². The van der Waals surface area contributed by atoms with Crippen LogP contribution in [0.2, 0.25) is 0 Å². The topological polar surface area (TPSA) is 96.8 Å². The highest BCUT2D eigenvalue weighted by Crippen LogP contribution is 2.24. The van der Waals surface area contributed by atoms with E-state index in [1.165, 1.54) is 0 Å². The first kappa shape index (κ1) is 28.1. The molecular formula is C24H39N4O4. The van der Waals surface area contributed by atoms with Crippen molar-refractivity contribution in [2.45, 2.75) is 90.3 Å². The molecule has 0 unspecified atom stereocenters. The summed E-state index contributed by atoms with van der Waals surface area (Å²) in [6.07, 6.45) is 7.46. The van der Waals surface area contributed by atoms with Crippen LogP contribution in [0.3, 0.4) is 0 Å². The minimum atomic E-state index is -0.293. The molecule has 8 heteroatoms. The summed E-state index contributed by atoms with van der Waals surface area (Å²) >= 11 is 0. The average molecular weight is 448 g/mol. The zero-order valence-corrected chi connectivity index (χ0v) is 19.9. The molecule has 1 amide bonds. The van der Waals surface area contributed by atoms with Gasteiger partial charge in [0.1, 0.15) is 5.56 Å². The van der Waals surface area contributed by atoms with Crippen LogP contribution in [0, 0.1) is 21.3 Å². The van der Waals surface area contributed by atoms with Crippen molar-refractivity contribution in [2.24, 2.45) is 0 Å². The van der Waals surface area contributed by atoms with Crippen LogP contribution in [0.5, 0.6) is 5.88 Å². The SMILES string of the molecule is CC(C)Oc1nc(N2C[C@@H](C)O[C@@H](C)C2)ncc1C(=O)N[C@@H]1[CH]CCC[C@H](O)CC1.[CH2].[CH2]. The van der Waals surface area contributed by atoms with E-state index in [1.807, 2.05) is 27.7 Å². The Balaban J connectivity index is 0.00000256. The number of nitrogens with one attached hydrogen (secondary N) is 1. The number of rotatable bonds is 5. The number of hydrogen-bond donors (Lipinski definition) is 2. The lowest BCUT2D eigenvalue weighted by molar-refractivity contribution is -0.00578. The first-order chi connectivity index (χ1) is 14.3. The molecule has 2 aliphatic rings. The van der Waals surface area contributed by atoms with Crippen LogP contribution in [0.4, 0.5) is 5.95 Å². The standard InChI is InChI=1S/C22H35N4O4.2CH2/c1-14(2)29-21-19(20(28)24-17-7-5-6-8-18(27)10-9-17)11-23-22(25-21)26-12-15(3)30-16(4)13-26;;/h7,11,14-18,27H,5-6,8-10,12-13H2,1-4H3,(H,24,28);2*1H2/t15-,16+,17-,18+;;/m1../s1. The largest absolute Gasteiger partial charge is 0.474 e. The molecule has 5 radical (unpaired) electrons. The van der Waals surface area contributed by atoms with Gasteiger partial charge in [0.05, 0.1) is 24.4 Å². The minimum Gasteiger partial charge on any atom is -0.474 e. The summed E-state index contributed by atoms with van der Waals surface area (Å²) in [5.74, 6) is 0.590. The molecule has 3 rings (SSSR count). The van der Waals surface area contributed by atoms with Gasteiger partial charge >= 0.3 is 0 Å². The van der Waals surface area contributed by atoms with Gasteiger partial charge in [-0.3, -0.25) is 4.79 Å². The Morgan fingerprint density at radius 3 is 2.56 bits per heavy atom. The molecule has 2 fully saturated rings. The average Bonchev–Trinajstić information content (AvgIpc) is 2.66. The Morgan fingerprint density at radius 1 is 1.22 bits per heavy atom. The van der Waals surface area contributed by atoms with Crippen LogP contribution in [0.25, 0.3) is 0 Å². The number of hydrogen-bond acceptors (Lipinski definition) is 7. The third-order valence-corrected chi connectivity index (χ3v) is 5.36. The molecule has 2 heterocycles. The van der Waals surface area contributed by atoms with Crippen LogP contribution in [0.1, 0.15) is 70.2 Å². The van der Waals surface area contributed by atoms with Crippen molar-refractivity contribution >= 4 is 11.9 Å². The van der Waals surface area contributed by atoms with Gasteiger partial charge in [0, 0.05) is 25.3 Å². The fourth-order valence-corrected chi connectivity index (χ4v) is 4.00. The van der Waals surface area contributed by atoms with Crippen LogP contribution in [-0.4, -0.2) is 64.5 Å². The van der Waals surface area contributed by atoms with E-state index in [0.717, 1.165) is 25.7 Å². The number of aliphatic hydroxyl groups is 1. The molecule has 1 aliphatic carbocycles. The fraction of sp³-hybridized carbons (Fsp3) is 0.667. The van der Waals surface area contributed by atoms with Gasteiger partial charge in [0.15, 0.2) is 0 Å². The predicted octanol–water partition coefficient (Wildman–Crippen LogP) is 3.16. The van der Waals surface area contributed by atoms with E-state index in [4.69, 9.17) is 9.47 Å². The van der Waals surface area contributed by atoms with Gasteiger partial charge in [-0.25, -0.2) is 4.98 Å². The molecule has 0 spiro atoms. The maximum atomic E-state index is 13.0. The number of amides is 1. The van der Waals surface area contributed by atoms with Crippen molar-refractivity contribution in [1.82, 2.24) is 15.3 Å². The summed E-state index contributed by atoms with van der Waals surface area (Å²) in [7, 11) is 0. The Kier molecular flexibility index (Phi) is 11.4. The highest BCUT2D eigenvalue weighted by Gasteiger charge is 2.27. The molecule has 8 nitrogen and oxygen atoms in total. The van der Waals surface area contributed by atoms with Crippen molar-refractivity contribution in [3.8, 4) is 5.88 Å². The smallest absolute Gasteiger partial charge is 0.258 e. The quantitative estimate of drug-likeness (QED) is 0.716. The Bertz CT molecular complexity index is 705. The molecule has 0 aromatic carbocycles. The number of aromatic nitrogens is 2. The number of morpholine rings is 1. The molecule has 0 bridgehead atoms. The Hall–Kier alpha value is -1.93. The number of carbonyl (C=O) groups is 1. The van der Waals surface area contributed by atoms with Crippen LogP contribution < -0.4 is 15.0 Å².